The summed E-state index contributed by atoms with van der Waals surface area (Å²) in [5.74, 6) is -0.714. The molecule has 22 heavy (non-hydrogen) atoms. The van der Waals surface area contributed by atoms with Crippen LogP contribution in [-0.2, 0) is 17.6 Å². The van der Waals surface area contributed by atoms with Crippen LogP contribution in [0.15, 0.2) is 6.07 Å². The molecule has 0 spiro atoms. The maximum Gasteiger partial charge on any atom is 0.341 e. The first-order chi connectivity index (χ1) is 10.6. The van der Waals surface area contributed by atoms with Crippen molar-refractivity contribution < 1.29 is 14.3 Å². The highest BCUT2D eigenvalue weighted by Crippen LogP contribution is 2.30. The van der Waals surface area contributed by atoms with Crippen LogP contribution in [0.3, 0.4) is 0 Å². The third kappa shape index (κ3) is 3.50. The molecule has 0 atom stereocenters. The molecule has 2 rings (SSSR count). The monoisotopic (exact) mass is 339 g/mol. The molecule has 0 radical (unpaired) electrons. The smallest absolute Gasteiger partial charge is 0.341 e. The predicted octanol–water partition coefficient (Wildman–Crippen LogP) is 3.15. The second-order valence-electron chi connectivity index (χ2n) is 4.39. The van der Waals surface area contributed by atoms with E-state index in [1.807, 2.05) is 13.8 Å². The van der Waals surface area contributed by atoms with Crippen LogP contribution in [0, 0.1) is 0 Å². The van der Waals surface area contributed by atoms with Crippen LogP contribution in [0.25, 0.3) is 0 Å². The molecule has 2 aromatic rings. The molecule has 0 aliphatic rings. The van der Waals surface area contributed by atoms with Crippen molar-refractivity contribution in [3.05, 3.63) is 27.1 Å². The number of esters is 1. The standard InChI is InChI=1S/C14H17N3O3S2/c1-4-8-7-9(14(19)20-6-3)13(21-8)15-12(18)11-10(5-2)16-17-22-11/h7H,4-6H2,1-3H3,(H,15,18). The Morgan fingerprint density at radius 2 is 2.05 bits per heavy atom. The number of amides is 1. The van der Waals surface area contributed by atoms with E-state index in [-0.39, 0.29) is 5.91 Å². The minimum Gasteiger partial charge on any atom is -0.462 e. The van der Waals surface area contributed by atoms with Gasteiger partial charge in [0.25, 0.3) is 5.91 Å². The van der Waals surface area contributed by atoms with Crippen molar-refractivity contribution in [2.75, 3.05) is 11.9 Å². The summed E-state index contributed by atoms with van der Waals surface area (Å²) in [4.78, 5) is 25.8. The fourth-order valence-electron chi connectivity index (χ4n) is 1.84. The molecule has 0 unspecified atom stereocenters. The lowest BCUT2D eigenvalue weighted by molar-refractivity contribution is 0.0528. The van der Waals surface area contributed by atoms with Gasteiger partial charge in [-0.1, -0.05) is 18.3 Å². The first kappa shape index (κ1) is 16.6. The molecule has 0 fully saturated rings. The van der Waals surface area contributed by atoms with Gasteiger partial charge in [0.1, 0.15) is 9.88 Å². The van der Waals surface area contributed by atoms with E-state index in [0.717, 1.165) is 22.8 Å². The lowest BCUT2D eigenvalue weighted by Gasteiger charge is -2.05. The normalized spacial score (nSPS) is 10.5. The topological polar surface area (TPSA) is 81.2 Å². The van der Waals surface area contributed by atoms with Gasteiger partial charge in [-0.2, -0.15) is 0 Å². The van der Waals surface area contributed by atoms with Crippen molar-refractivity contribution in [2.24, 2.45) is 0 Å². The molecule has 0 saturated heterocycles. The Hall–Kier alpha value is -1.80. The van der Waals surface area contributed by atoms with Crippen LogP contribution in [0.5, 0.6) is 0 Å². The average molecular weight is 339 g/mol. The molecule has 1 N–H and O–H groups in total. The number of aryl methyl sites for hydroxylation is 2. The van der Waals surface area contributed by atoms with Gasteiger partial charge >= 0.3 is 5.97 Å². The molecule has 0 aliphatic carbocycles. The molecule has 0 aliphatic heterocycles. The fraction of sp³-hybridized carbons (Fsp3) is 0.429. The van der Waals surface area contributed by atoms with E-state index in [9.17, 15) is 9.59 Å². The summed E-state index contributed by atoms with van der Waals surface area (Å²) in [6.45, 7) is 5.95. The van der Waals surface area contributed by atoms with E-state index in [4.69, 9.17) is 4.74 Å². The minimum absolute atomic E-state index is 0.290. The number of carbonyl (C=O) groups is 2. The van der Waals surface area contributed by atoms with Crippen molar-refractivity contribution in [1.29, 1.82) is 0 Å². The lowest BCUT2D eigenvalue weighted by atomic mass is 10.2. The summed E-state index contributed by atoms with van der Waals surface area (Å²) in [5.41, 5.74) is 1.06. The van der Waals surface area contributed by atoms with Gasteiger partial charge in [0.2, 0.25) is 0 Å². The van der Waals surface area contributed by atoms with Crippen molar-refractivity contribution in [1.82, 2.24) is 9.59 Å². The Labute approximate surface area is 136 Å². The number of ether oxygens (including phenoxy) is 1. The number of hydrogen-bond acceptors (Lipinski definition) is 7. The van der Waals surface area contributed by atoms with Gasteiger partial charge in [0.05, 0.1) is 17.9 Å². The Bertz CT molecular complexity index is 679. The number of anilines is 1. The first-order valence-electron chi connectivity index (χ1n) is 7.03. The van der Waals surface area contributed by atoms with Gasteiger partial charge in [0.15, 0.2) is 0 Å². The predicted molar refractivity (Wildman–Crippen MR) is 86.9 cm³/mol. The molecular weight excluding hydrogens is 322 g/mol. The van der Waals surface area contributed by atoms with Gasteiger partial charge in [-0.15, -0.1) is 16.4 Å². The van der Waals surface area contributed by atoms with Crippen LogP contribution in [-0.4, -0.2) is 28.1 Å². The molecule has 0 bridgehead atoms. The number of nitrogens with one attached hydrogen (secondary N) is 1. The fourth-order valence-corrected chi connectivity index (χ4v) is 3.47. The molecule has 2 heterocycles. The maximum atomic E-state index is 12.4. The molecule has 0 aromatic carbocycles. The van der Waals surface area contributed by atoms with Crippen LogP contribution >= 0.6 is 22.9 Å². The Morgan fingerprint density at radius 1 is 1.27 bits per heavy atom. The Morgan fingerprint density at radius 3 is 2.68 bits per heavy atom. The van der Waals surface area contributed by atoms with Gasteiger partial charge in [-0.05, 0) is 37.4 Å². The maximum absolute atomic E-state index is 12.4. The molecule has 0 saturated carbocycles. The molecule has 118 valence electrons. The van der Waals surface area contributed by atoms with E-state index in [0.29, 0.717) is 34.2 Å². The molecule has 1 amide bonds. The summed E-state index contributed by atoms with van der Waals surface area (Å²) < 4.78 is 8.84. The zero-order chi connectivity index (χ0) is 16.1. The second-order valence-corrected chi connectivity index (χ2v) is 6.28. The number of thiophene rings is 1. The highest BCUT2D eigenvalue weighted by Gasteiger charge is 2.21. The van der Waals surface area contributed by atoms with Crippen LogP contribution < -0.4 is 5.32 Å². The summed E-state index contributed by atoms with van der Waals surface area (Å²) >= 11 is 2.44. The van der Waals surface area contributed by atoms with Crippen LogP contribution in [0.2, 0.25) is 0 Å². The molecule has 2 aromatic heterocycles. The quantitative estimate of drug-likeness (QED) is 0.818. The summed E-state index contributed by atoms with van der Waals surface area (Å²) in [7, 11) is 0. The summed E-state index contributed by atoms with van der Waals surface area (Å²) in [5, 5.41) is 7.23. The van der Waals surface area contributed by atoms with Crippen molar-refractivity contribution >= 4 is 39.7 Å². The zero-order valence-corrected chi connectivity index (χ0v) is 14.3. The number of carbonyl (C=O) groups excluding carboxylic acids is 2. The van der Waals surface area contributed by atoms with Crippen molar-refractivity contribution in [3.8, 4) is 0 Å². The van der Waals surface area contributed by atoms with Crippen molar-refractivity contribution in [3.63, 3.8) is 0 Å². The van der Waals surface area contributed by atoms with Crippen molar-refractivity contribution in [2.45, 2.75) is 33.6 Å². The van der Waals surface area contributed by atoms with E-state index < -0.39 is 5.97 Å². The number of hydrogen-bond donors (Lipinski definition) is 1. The van der Waals surface area contributed by atoms with Crippen LogP contribution in [0.1, 0.15) is 51.4 Å². The Kier molecular flexibility index (Phi) is 5.62. The largest absolute Gasteiger partial charge is 0.462 e. The van der Waals surface area contributed by atoms with E-state index in [1.165, 1.54) is 11.3 Å². The summed E-state index contributed by atoms with van der Waals surface area (Å²) in [6, 6.07) is 1.77. The van der Waals surface area contributed by atoms with Gasteiger partial charge in [0, 0.05) is 4.88 Å². The molecule has 6 nitrogen and oxygen atoms in total. The Balaban J connectivity index is 2.26. The van der Waals surface area contributed by atoms with Gasteiger partial charge < -0.3 is 10.1 Å². The molecule has 8 heteroatoms. The van der Waals surface area contributed by atoms with E-state index >= 15 is 0 Å². The van der Waals surface area contributed by atoms with E-state index in [1.54, 1.807) is 13.0 Å². The number of nitrogens with zero attached hydrogens (tertiary/aromatic N) is 2. The third-order valence-electron chi connectivity index (χ3n) is 2.95. The zero-order valence-electron chi connectivity index (χ0n) is 12.6. The summed E-state index contributed by atoms with van der Waals surface area (Å²) in [6.07, 6.45) is 1.42. The average Bonchev–Trinajstić information content (AvgIpc) is 3.13. The number of rotatable bonds is 6. The second kappa shape index (κ2) is 7.46. The number of aromatic nitrogens is 2. The van der Waals surface area contributed by atoms with Crippen LogP contribution in [0.4, 0.5) is 5.00 Å². The third-order valence-corrected chi connectivity index (χ3v) is 4.91. The minimum atomic E-state index is -0.424. The SMILES string of the molecule is CCOC(=O)c1cc(CC)sc1NC(=O)c1snnc1CC. The highest BCUT2D eigenvalue weighted by molar-refractivity contribution is 7.16. The molecular formula is C14H17N3O3S2. The van der Waals surface area contributed by atoms with Gasteiger partial charge in [-0.25, -0.2) is 4.79 Å². The van der Waals surface area contributed by atoms with Gasteiger partial charge in [-0.3, -0.25) is 4.79 Å². The first-order valence-corrected chi connectivity index (χ1v) is 8.62. The van der Waals surface area contributed by atoms with E-state index in [2.05, 4.69) is 14.9 Å². The lowest BCUT2D eigenvalue weighted by Crippen LogP contribution is -2.14. The highest BCUT2D eigenvalue weighted by atomic mass is 32.1.